The van der Waals surface area contributed by atoms with E-state index in [-0.39, 0.29) is 5.92 Å². The standard InChI is InChI=1S/C17H30N6O7/c1-7(2)4-9(18)15(27)21-8(3)14(26)22-10(5-12(19)24)16(28)23-11(17(29)30)6-13(20)25/h7-11H,4-6,18H2,1-3H3,(H2,19,24)(H2,20,25)(H,21,27)(H,22,26)(H,23,28)(H,29,30). The van der Waals surface area contributed by atoms with E-state index in [0.29, 0.717) is 6.42 Å². The van der Waals surface area contributed by atoms with Crippen molar-refractivity contribution in [2.24, 2.45) is 23.1 Å². The Morgan fingerprint density at radius 3 is 1.67 bits per heavy atom. The minimum atomic E-state index is -1.66. The molecule has 10 N–H and O–H groups in total. The van der Waals surface area contributed by atoms with Gasteiger partial charge in [0.1, 0.15) is 18.1 Å². The number of carbonyl (C=O) groups excluding carboxylic acids is 5. The molecule has 0 aromatic heterocycles. The van der Waals surface area contributed by atoms with Gasteiger partial charge in [-0.2, -0.15) is 0 Å². The highest BCUT2D eigenvalue weighted by Gasteiger charge is 2.30. The molecule has 0 aromatic rings. The van der Waals surface area contributed by atoms with Crippen LogP contribution >= 0.6 is 0 Å². The minimum Gasteiger partial charge on any atom is -0.480 e. The predicted molar refractivity (Wildman–Crippen MR) is 104 cm³/mol. The molecule has 0 aromatic carbocycles. The maximum Gasteiger partial charge on any atom is 0.326 e. The number of rotatable bonds is 13. The molecule has 0 rings (SSSR count). The van der Waals surface area contributed by atoms with Crippen molar-refractivity contribution < 1.29 is 33.9 Å². The molecule has 0 spiro atoms. The van der Waals surface area contributed by atoms with Crippen molar-refractivity contribution in [1.29, 1.82) is 0 Å². The van der Waals surface area contributed by atoms with Crippen LogP contribution in [0.25, 0.3) is 0 Å². The van der Waals surface area contributed by atoms with Gasteiger partial charge < -0.3 is 38.3 Å². The van der Waals surface area contributed by atoms with E-state index < -0.39 is 72.5 Å². The highest BCUT2D eigenvalue weighted by atomic mass is 16.4. The van der Waals surface area contributed by atoms with Crippen LogP contribution in [0.2, 0.25) is 0 Å². The Bertz CT molecular complexity index is 682. The zero-order valence-corrected chi connectivity index (χ0v) is 17.1. The first-order valence-corrected chi connectivity index (χ1v) is 9.20. The molecule has 0 saturated carbocycles. The quantitative estimate of drug-likeness (QED) is 0.155. The van der Waals surface area contributed by atoms with Gasteiger partial charge in [0, 0.05) is 0 Å². The average molecular weight is 430 g/mol. The second-order valence-electron chi connectivity index (χ2n) is 7.27. The maximum atomic E-state index is 12.3. The molecular formula is C17H30N6O7. The zero-order valence-electron chi connectivity index (χ0n) is 17.1. The number of carboxylic acids is 1. The average Bonchev–Trinajstić information content (AvgIpc) is 2.58. The van der Waals surface area contributed by atoms with E-state index in [2.05, 4.69) is 10.6 Å². The van der Waals surface area contributed by atoms with Crippen molar-refractivity contribution in [3.05, 3.63) is 0 Å². The lowest BCUT2D eigenvalue weighted by Gasteiger charge is -2.23. The smallest absolute Gasteiger partial charge is 0.326 e. The van der Waals surface area contributed by atoms with Gasteiger partial charge in [0.25, 0.3) is 0 Å². The zero-order chi connectivity index (χ0) is 23.6. The van der Waals surface area contributed by atoms with Crippen LogP contribution in [0.3, 0.4) is 0 Å². The molecule has 0 fully saturated rings. The van der Waals surface area contributed by atoms with Crippen LogP contribution in [0.4, 0.5) is 0 Å². The van der Waals surface area contributed by atoms with Crippen molar-refractivity contribution >= 4 is 35.5 Å². The van der Waals surface area contributed by atoms with Crippen LogP contribution < -0.4 is 33.2 Å². The molecule has 13 heteroatoms. The van der Waals surface area contributed by atoms with Gasteiger partial charge in [-0.05, 0) is 19.3 Å². The summed E-state index contributed by atoms with van der Waals surface area (Å²) in [5, 5.41) is 15.7. The van der Waals surface area contributed by atoms with Crippen molar-refractivity contribution in [3.63, 3.8) is 0 Å². The third kappa shape index (κ3) is 10.4. The van der Waals surface area contributed by atoms with Gasteiger partial charge in [-0.25, -0.2) is 4.79 Å². The van der Waals surface area contributed by atoms with Crippen LogP contribution in [0.15, 0.2) is 0 Å². The van der Waals surface area contributed by atoms with Crippen LogP contribution in [0, 0.1) is 5.92 Å². The van der Waals surface area contributed by atoms with Crippen LogP contribution in [-0.2, 0) is 28.8 Å². The van der Waals surface area contributed by atoms with Gasteiger partial charge in [-0.15, -0.1) is 0 Å². The largest absolute Gasteiger partial charge is 0.480 e. The van der Waals surface area contributed by atoms with Crippen molar-refractivity contribution in [1.82, 2.24) is 16.0 Å². The molecule has 30 heavy (non-hydrogen) atoms. The molecule has 0 bridgehead atoms. The van der Waals surface area contributed by atoms with E-state index in [1.807, 2.05) is 19.2 Å². The number of amides is 5. The van der Waals surface area contributed by atoms with E-state index in [0.717, 1.165) is 0 Å². The SMILES string of the molecule is CC(C)CC(N)C(=O)NC(C)C(=O)NC(CC(N)=O)C(=O)NC(CC(N)=O)C(=O)O. The molecule has 0 heterocycles. The molecule has 0 aliphatic heterocycles. The van der Waals surface area contributed by atoms with Gasteiger partial charge in [0.05, 0.1) is 18.9 Å². The number of carboxylic acid groups (broad SMARTS) is 1. The number of primary amides is 2. The van der Waals surface area contributed by atoms with E-state index in [1.54, 1.807) is 0 Å². The molecule has 0 saturated heterocycles. The summed E-state index contributed by atoms with van der Waals surface area (Å²) in [5.74, 6) is -5.78. The number of hydrogen-bond acceptors (Lipinski definition) is 7. The lowest BCUT2D eigenvalue weighted by atomic mass is 10.0. The summed E-state index contributed by atoms with van der Waals surface area (Å²) in [4.78, 5) is 70.0. The number of nitrogens with one attached hydrogen (secondary N) is 3. The van der Waals surface area contributed by atoms with E-state index in [9.17, 15) is 28.8 Å². The van der Waals surface area contributed by atoms with Crippen LogP contribution in [0.5, 0.6) is 0 Å². The maximum absolute atomic E-state index is 12.3. The summed E-state index contributed by atoms with van der Waals surface area (Å²) in [5.41, 5.74) is 15.8. The molecule has 5 amide bonds. The van der Waals surface area contributed by atoms with Crippen LogP contribution in [0.1, 0.15) is 40.0 Å². The summed E-state index contributed by atoms with van der Waals surface area (Å²) in [7, 11) is 0. The van der Waals surface area contributed by atoms with E-state index in [4.69, 9.17) is 22.3 Å². The Hall–Kier alpha value is -3.22. The fraction of sp³-hybridized carbons (Fsp3) is 0.647. The molecular weight excluding hydrogens is 400 g/mol. The fourth-order valence-electron chi connectivity index (χ4n) is 2.38. The summed E-state index contributed by atoms with van der Waals surface area (Å²) in [6.45, 7) is 5.08. The monoisotopic (exact) mass is 430 g/mol. The van der Waals surface area contributed by atoms with Crippen molar-refractivity contribution in [3.8, 4) is 0 Å². The molecule has 0 aliphatic carbocycles. The Morgan fingerprint density at radius 2 is 1.23 bits per heavy atom. The Morgan fingerprint density at radius 1 is 0.767 bits per heavy atom. The lowest BCUT2D eigenvalue weighted by molar-refractivity contribution is -0.144. The normalized spacial score (nSPS) is 14.7. The Balaban J connectivity index is 5.14. The van der Waals surface area contributed by atoms with Crippen LogP contribution in [-0.4, -0.2) is 64.8 Å². The van der Waals surface area contributed by atoms with Gasteiger partial charge in [0.15, 0.2) is 0 Å². The topological polar surface area (TPSA) is 237 Å². The fourth-order valence-corrected chi connectivity index (χ4v) is 2.38. The third-order valence-electron chi connectivity index (χ3n) is 3.87. The number of hydrogen-bond donors (Lipinski definition) is 7. The third-order valence-corrected chi connectivity index (χ3v) is 3.87. The second-order valence-corrected chi connectivity index (χ2v) is 7.27. The first-order chi connectivity index (χ1) is 13.7. The van der Waals surface area contributed by atoms with Crippen molar-refractivity contribution in [2.45, 2.75) is 64.2 Å². The predicted octanol–water partition coefficient (Wildman–Crippen LogP) is -3.33. The second kappa shape index (κ2) is 12.4. The summed E-state index contributed by atoms with van der Waals surface area (Å²) >= 11 is 0. The lowest BCUT2D eigenvalue weighted by Crippen LogP contribution is -2.57. The Labute approximate surface area is 173 Å². The summed E-state index contributed by atoms with van der Waals surface area (Å²) in [6, 6.07) is -5.14. The van der Waals surface area contributed by atoms with Gasteiger partial charge >= 0.3 is 5.97 Å². The number of carbonyl (C=O) groups is 6. The van der Waals surface area contributed by atoms with E-state index in [1.165, 1.54) is 6.92 Å². The molecule has 0 aliphatic rings. The summed E-state index contributed by atoms with van der Waals surface area (Å²) in [6.07, 6.45) is -0.949. The number of aliphatic carboxylic acids is 1. The van der Waals surface area contributed by atoms with E-state index >= 15 is 0 Å². The molecule has 170 valence electrons. The first kappa shape index (κ1) is 26.8. The molecule has 0 radical (unpaired) electrons. The molecule has 13 nitrogen and oxygen atoms in total. The Kier molecular flexibility index (Phi) is 11.0. The molecule has 4 atom stereocenters. The number of nitrogens with two attached hydrogens (primary N) is 3. The highest BCUT2D eigenvalue weighted by molar-refractivity contribution is 5.96. The highest BCUT2D eigenvalue weighted by Crippen LogP contribution is 2.03. The van der Waals surface area contributed by atoms with Crippen molar-refractivity contribution in [2.75, 3.05) is 0 Å². The minimum absolute atomic E-state index is 0.154. The first-order valence-electron chi connectivity index (χ1n) is 9.20. The van der Waals surface area contributed by atoms with Gasteiger partial charge in [-0.1, -0.05) is 13.8 Å². The summed E-state index contributed by atoms with van der Waals surface area (Å²) < 4.78 is 0. The van der Waals surface area contributed by atoms with Gasteiger partial charge in [-0.3, -0.25) is 24.0 Å². The molecule has 4 unspecified atom stereocenters. The van der Waals surface area contributed by atoms with Gasteiger partial charge in [0.2, 0.25) is 29.5 Å².